The minimum atomic E-state index is -0.498. The maximum Gasteiger partial charge on any atom is 0.133 e. The van der Waals surface area contributed by atoms with E-state index in [1.807, 2.05) is 30.0 Å². The van der Waals surface area contributed by atoms with Crippen LogP contribution in [0.15, 0.2) is 30.3 Å². The Morgan fingerprint density at radius 1 is 1.30 bits per heavy atom. The lowest BCUT2D eigenvalue weighted by Gasteiger charge is -2.28. The smallest absolute Gasteiger partial charge is 0.133 e. The minimum Gasteiger partial charge on any atom is -0.293 e. The summed E-state index contributed by atoms with van der Waals surface area (Å²) < 4.78 is 0. The molecule has 0 spiro atoms. The zero-order valence-corrected chi connectivity index (χ0v) is 13.1. The van der Waals surface area contributed by atoms with Crippen LogP contribution in [0, 0.1) is 11.3 Å². The fraction of sp³-hybridized carbons (Fsp3) is 0.588. The Bertz CT molecular complexity index is 436. The Labute approximate surface area is 127 Å². The van der Waals surface area contributed by atoms with Crippen molar-refractivity contribution in [3.63, 3.8) is 0 Å². The van der Waals surface area contributed by atoms with Gasteiger partial charge < -0.3 is 0 Å². The zero-order chi connectivity index (χ0) is 14.3. The van der Waals surface area contributed by atoms with E-state index in [9.17, 15) is 5.26 Å². The van der Waals surface area contributed by atoms with Gasteiger partial charge in [-0.15, -0.1) is 0 Å². The number of hydrogen-bond acceptors (Lipinski definition) is 3. The molecule has 1 aromatic carbocycles. The lowest BCUT2D eigenvalue weighted by Crippen LogP contribution is -2.43. The Kier molecular flexibility index (Phi) is 5.94. The number of unbranched alkanes of at least 4 members (excludes halogenated alkanes) is 1. The molecule has 0 saturated heterocycles. The third-order valence-corrected chi connectivity index (χ3v) is 4.82. The third-order valence-electron chi connectivity index (χ3n) is 3.75. The van der Waals surface area contributed by atoms with Crippen molar-refractivity contribution in [1.29, 1.82) is 5.26 Å². The second kappa shape index (κ2) is 7.71. The summed E-state index contributed by atoms with van der Waals surface area (Å²) in [5.41, 5.74) is 0.618. The number of nitrogens with one attached hydrogen (secondary N) is 1. The van der Waals surface area contributed by atoms with Gasteiger partial charge in [-0.3, -0.25) is 5.32 Å². The molecule has 2 rings (SSSR count). The number of nitriles is 1. The predicted molar refractivity (Wildman–Crippen MR) is 86.7 cm³/mol. The van der Waals surface area contributed by atoms with Crippen LogP contribution in [0.1, 0.15) is 44.6 Å². The van der Waals surface area contributed by atoms with Crippen molar-refractivity contribution < 1.29 is 0 Å². The molecule has 1 aliphatic rings. The van der Waals surface area contributed by atoms with E-state index in [1.54, 1.807) is 0 Å². The van der Waals surface area contributed by atoms with E-state index in [-0.39, 0.29) is 0 Å². The van der Waals surface area contributed by atoms with Crippen molar-refractivity contribution in [1.82, 2.24) is 5.32 Å². The summed E-state index contributed by atoms with van der Waals surface area (Å²) >= 11 is 1.97. The van der Waals surface area contributed by atoms with Gasteiger partial charge >= 0.3 is 0 Å². The maximum absolute atomic E-state index is 9.79. The first kappa shape index (κ1) is 15.4. The molecule has 0 bridgehead atoms. The first-order valence-electron chi connectivity index (χ1n) is 7.63. The molecule has 1 aliphatic carbocycles. The molecule has 20 heavy (non-hydrogen) atoms. The topological polar surface area (TPSA) is 35.8 Å². The fourth-order valence-corrected chi connectivity index (χ4v) is 3.47. The Morgan fingerprint density at radius 3 is 2.65 bits per heavy atom. The van der Waals surface area contributed by atoms with Crippen LogP contribution in [0.3, 0.4) is 0 Å². The van der Waals surface area contributed by atoms with Crippen molar-refractivity contribution in [2.45, 2.75) is 50.6 Å². The van der Waals surface area contributed by atoms with Gasteiger partial charge in [-0.25, -0.2) is 0 Å². The van der Waals surface area contributed by atoms with Gasteiger partial charge in [0.05, 0.1) is 6.07 Å². The van der Waals surface area contributed by atoms with Crippen molar-refractivity contribution >= 4 is 11.8 Å². The average Bonchev–Trinajstić information content (AvgIpc) is 3.30. The molecule has 1 fully saturated rings. The fourth-order valence-electron chi connectivity index (χ4n) is 2.33. The van der Waals surface area contributed by atoms with E-state index in [1.165, 1.54) is 31.4 Å². The summed E-state index contributed by atoms with van der Waals surface area (Å²) in [5.74, 6) is 2.25. The van der Waals surface area contributed by atoms with E-state index in [0.29, 0.717) is 6.04 Å². The van der Waals surface area contributed by atoms with Crippen LogP contribution in [0.4, 0.5) is 0 Å². The largest absolute Gasteiger partial charge is 0.293 e. The Balaban J connectivity index is 2.01. The predicted octanol–water partition coefficient (Wildman–Crippen LogP) is 4.08. The summed E-state index contributed by atoms with van der Waals surface area (Å²) in [7, 11) is 0. The number of rotatable bonds is 9. The van der Waals surface area contributed by atoms with Gasteiger partial charge in [0.15, 0.2) is 0 Å². The first-order chi connectivity index (χ1) is 9.80. The lowest BCUT2D eigenvalue weighted by atomic mass is 9.88. The average molecular weight is 288 g/mol. The SMILES string of the molecule is CCCCSCCC(C#N)(NC1CC1)c1ccccc1. The van der Waals surface area contributed by atoms with Crippen LogP contribution < -0.4 is 5.32 Å². The summed E-state index contributed by atoms with van der Waals surface area (Å²) in [6, 6.07) is 13.3. The highest BCUT2D eigenvalue weighted by molar-refractivity contribution is 7.99. The molecule has 1 atom stereocenters. The molecule has 108 valence electrons. The third kappa shape index (κ3) is 4.26. The Morgan fingerprint density at radius 2 is 2.05 bits per heavy atom. The van der Waals surface area contributed by atoms with Gasteiger partial charge in [0, 0.05) is 6.04 Å². The molecule has 0 aliphatic heterocycles. The second-order valence-corrected chi connectivity index (χ2v) is 6.74. The normalized spacial score (nSPS) is 17.4. The van der Waals surface area contributed by atoms with Crippen LogP contribution in [-0.2, 0) is 5.54 Å². The summed E-state index contributed by atoms with van der Waals surface area (Å²) in [6.07, 6.45) is 5.82. The van der Waals surface area contributed by atoms with E-state index < -0.39 is 5.54 Å². The number of nitrogens with zero attached hydrogens (tertiary/aromatic N) is 1. The van der Waals surface area contributed by atoms with Gasteiger partial charge in [0.2, 0.25) is 0 Å². The lowest BCUT2D eigenvalue weighted by molar-refractivity contribution is 0.412. The number of benzene rings is 1. The minimum absolute atomic E-state index is 0.498. The van der Waals surface area contributed by atoms with Crippen molar-refractivity contribution in [2.75, 3.05) is 11.5 Å². The van der Waals surface area contributed by atoms with E-state index in [4.69, 9.17) is 0 Å². The molecular weight excluding hydrogens is 264 g/mol. The van der Waals surface area contributed by atoms with Gasteiger partial charge in [-0.2, -0.15) is 17.0 Å². The Hall–Kier alpha value is -0.980. The van der Waals surface area contributed by atoms with Crippen molar-refractivity contribution in [3.05, 3.63) is 35.9 Å². The van der Waals surface area contributed by atoms with E-state index >= 15 is 0 Å². The van der Waals surface area contributed by atoms with Gasteiger partial charge in [-0.05, 0) is 42.8 Å². The van der Waals surface area contributed by atoms with Crippen LogP contribution in [0.5, 0.6) is 0 Å². The summed E-state index contributed by atoms with van der Waals surface area (Å²) in [5, 5.41) is 13.4. The van der Waals surface area contributed by atoms with Crippen LogP contribution in [0.25, 0.3) is 0 Å². The van der Waals surface area contributed by atoms with Crippen LogP contribution in [0.2, 0.25) is 0 Å². The van der Waals surface area contributed by atoms with Crippen molar-refractivity contribution in [2.24, 2.45) is 0 Å². The van der Waals surface area contributed by atoms with Gasteiger partial charge in [-0.1, -0.05) is 43.7 Å². The van der Waals surface area contributed by atoms with E-state index in [0.717, 1.165) is 17.7 Å². The molecule has 1 saturated carbocycles. The monoisotopic (exact) mass is 288 g/mol. The molecule has 1 aromatic rings. The highest BCUT2D eigenvalue weighted by atomic mass is 32.2. The summed E-state index contributed by atoms with van der Waals surface area (Å²) in [4.78, 5) is 0. The zero-order valence-electron chi connectivity index (χ0n) is 12.3. The molecule has 3 heteroatoms. The maximum atomic E-state index is 9.79. The first-order valence-corrected chi connectivity index (χ1v) is 8.78. The second-order valence-electron chi connectivity index (χ2n) is 5.52. The number of hydrogen-bond donors (Lipinski definition) is 1. The van der Waals surface area contributed by atoms with Crippen LogP contribution in [-0.4, -0.2) is 17.5 Å². The molecular formula is C17H24N2S. The molecule has 0 amide bonds. The molecule has 0 aromatic heterocycles. The van der Waals surface area contributed by atoms with E-state index in [2.05, 4.69) is 30.4 Å². The van der Waals surface area contributed by atoms with Crippen LogP contribution >= 0.6 is 11.8 Å². The standard InChI is InChI=1S/C17H24N2S/c1-2-3-12-20-13-11-17(14-18,19-16-9-10-16)15-7-5-4-6-8-15/h4-8,16,19H,2-3,9-13H2,1H3. The molecule has 1 unspecified atom stereocenters. The van der Waals surface area contributed by atoms with Gasteiger partial charge in [0.1, 0.15) is 5.54 Å². The quantitative estimate of drug-likeness (QED) is 0.695. The molecule has 0 radical (unpaired) electrons. The highest BCUT2D eigenvalue weighted by Crippen LogP contribution is 2.32. The van der Waals surface area contributed by atoms with Gasteiger partial charge in [0.25, 0.3) is 0 Å². The molecule has 1 N–H and O–H groups in total. The summed E-state index contributed by atoms with van der Waals surface area (Å²) in [6.45, 7) is 2.22. The molecule has 0 heterocycles. The highest BCUT2D eigenvalue weighted by Gasteiger charge is 2.37. The molecule has 2 nitrogen and oxygen atoms in total. The van der Waals surface area contributed by atoms with Crippen molar-refractivity contribution in [3.8, 4) is 6.07 Å². The number of thioether (sulfide) groups is 1.